The van der Waals surface area contributed by atoms with Crippen LogP contribution in [0.2, 0.25) is 5.02 Å². The van der Waals surface area contributed by atoms with E-state index in [4.69, 9.17) is 16.3 Å². The summed E-state index contributed by atoms with van der Waals surface area (Å²) in [5.74, 6) is -0.857. The van der Waals surface area contributed by atoms with E-state index in [0.717, 1.165) is 34.1 Å². The zero-order chi connectivity index (χ0) is 24.1. The molecule has 4 aromatic rings. The maximum Gasteiger partial charge on any atom is 0.300 e. The standard InChI is InChI=1S/C29H20ClNO4/c30-20-9-11-21(12-10-20)31-26(23-7-3-5-17-4-1-2-6-22(17)23)25(28(33)29(31)34)27(32)19-8-13-24-18(16-19)14-15-35-24/h1-13,16,26,32H,14-15H2/b27-25-. The zero-order valence-electron chi connectivity index (χ0n) is 18.6. The molecule has 0 aliphatic carbocycles. The van der Waals surface area contributed by atoms with Crippen LogP contribution in [0.1, 0.15) is 22.7 Å². The predicted octanol–water partition coefficient (Wildman–Crippen LogP) is 6.05. The van der Waals surface area contributed by atoms with E-state index in [9.17, 15) is 14.7 Å². The summed E-state index contributed by atoms with van der Waals surface area (Å²) >= 11 is 6.09. The Morgan fingerprint density at radius 2 is 1.71 bits per heavy atom. The second-order valence-electron chi connectivity index (χ2n) is 8.63. The number of benzene rings is 4. The molecule has 0 saturated carbocycles. The van der Waals surface area contributed by atoms with E-state index < -0.39 is 17.7 Å². The maximum atomic E-state index is 13.5. The molecule has 1 amide bonds. The Balaban J connectivity index is 1.61. The van der Waals surface area contributed by atoms with Gasteiger partial charge in [-0.05, 0) is 64.4 Å². The Morgan fingerprint density at radius 1 is 0.943 bits per heavy atom. The minimum atomic E-state index is -0.813. The molecule has 1 fully saturated rings. The van der Waals surface area contributed by atoms with Gasteiger partial charge >= 0.3 is 0 Å². The highest BCUT2D eigenvalue weighted by atomic mass is 35.5. The monoisotopic (exact) mass is 481 g/mol. The molecular formula is C29H20ClNO4. The number of fused-ring (bicyclic) bond motifs is 2. The maximum absolute atomic E-state index is 13.5. The van der Waals surface area contributed by atoms with Gasteiger partial charge in [-0.2, -0.15) is 0 Å². The number of halogens is 1. The summed E-state index contributed by atoms with van der Waals surface area (Å²) in [7, 11) is 0. The molecule has 6 heteroatoms. The lowest BCUT2D eigenvalue weighted by Crippen LogP contribution is -2.29. The molecule has 0 spiro atoms. The van der Waals surface area contributed by atoms with Gasteiger partial charge in [0, 0.05) is 22.7 Å². The highest BCUT2D eigenvalue weighted by molar-refractivity contribution is 6.52. The summed E-state index contributed by atoms with van der Waals surface area (Å²) in [5, 5.41) is 13.9. The number of hydrogen-bond acceptors (Lipinski definition) is 4. The van der Waals surface area contributed by atoms with Gasteiger partial charge in [-0.1, -0.05) is 54.1 Å². The average molecular weight is 482 g/mol. The Bertz CT molecular complexity index is 1540. The molecule has 1 unspecified atom stereocenters. The topological polar surface area (TPSA) is 66.8 Å². The predicted molar refractivity (Wildman–Crippen MR) is 136 cm³/mol. The first-order chi connectivity index (χ1) is 17.0. The molecule has 2 heterocycles. The number of amides is 1. The number of aliphatic hydroxyl groups is 1. The van der Waals surface area contributed by atoms with Crippen molar-refractivity contribution in [2.45, 2.75) is 12.5 Å². The SMILES string of the molecule is O=C1C(=O)N(c2ccc(Cl)cc2)C(c2cccc3ccccc23)/C1=C(/O)c1ccc2c(c1)CCO2. The molecule has 1 N–H and O–H groups in total. The molecule has 0 bridgehead atoms. The summed E-state index contributed by atoms with van der Waals surface area (Å²) < 4.78 is 5.58. The van der Waals surface area contributed by atoms with Crippen LogP contribution in [0.4, 0.5) is 5.69 Å². The number of hydrogen-bond donors (Lipinski definition) is 1. The van der Waals surface area contributed by atoms with Crippen molar-refractivity contribution in [3.05, 3.63) is 112 Å². The molecule has 4 aromatic carbocycles. The van der Waals surface area contributed by atoms with E-state index in [2.05, 4.69) is 0 Å². The molecule has 1 atom stereocenters. The third-order valence-electron chi connectivity index (χ3n) is 6.63. The van der Waals surface area contributed by atoms with E-state index in [-0.39, 0.29) is 11.3 Å². The van der Waals surface area contributed by atoms with Crippen molar-refractivity contribution >= 4 is 45.5 Å². The van der Waals surface area contributed by atoms with Crippen LogP contribution in [0, 0.1) is 0 Å². The number of carbonyl (C=O) groups is 2. The van der Waals surface area contributed by atoms with Crippen molar-refractivity contribution in [2.75, 3.05) is 11.5 Å². The first kappa shape index (κ1) is 21.4. The van der Waals surface area contributed by atoms with Gasteiger partial charge in [-0.3, -0.25) is 14.5 Å². The van der Waals surface area contributed by atoms with Crippen LogP contribution in [-0.2, 0) is 16.0 Å². The van der Waals surface area contributed by atoms with Crippen molar-refractivity contribution in [3.8, 4) is 5.75 Å². The fraction of sp³-hybridized carbons (Fsp3) is 0.103. The van der Waals surface area contributed by atoms with E-state index in [1.54, 1.807) is 36.4 Å². The lowest BCUT2D eigenvalue weighted by Gasteiger charge is -2.26. The Morgan fingerprint density at radius 3 is 2.54 bits per heavy atom. The number of rotatable bonds is 3. The van der Waals surface area contributed by atoms with Crippen LogP contribution in [0.15, 0.2) is 90.5 Å². The summed E-state index contributed by atoms with van der Waals surface area (Å²) in [6.07, 6.45) is 0.725. The summed E-state index contributed by atoms with van der Waals surface area (Å²) in [5.41, 5.74) is 2.77. The quantitative estimate of drug-likeness (QED) is 0.219. The molecule has 0 aromatic heterocycles. The van der Waals surface area contributed by atoms with Gasteiger partial charge in [-0.25, -0.2) is 0 Å². The molecule has 0 radical (unpaired) electrons. The lowest BCUT2D eigenvalue weighted by atomic mass is 9.91. The molecule has 35 heavy (non-hydrogen) atoms. The molecule has 172 valence electrons. The molecule has 2 aliphatic heterocycles. The van der Waals surface area contributed by atoms with Gasteiger partial charge in [0.15, 0.2) is 0 Å². The first-order valence-corrected chi connectivity index (χ1v) is 11.7. The van der Waals surface area contributed by atoms with Crippen molar-refractivity contribution in [2.24, 2.45) is 0 Å². The largest absolute Gasteiger partial charge is 0.507 e. The Kier molecular flexibility index (Phi) is 5.08. The van der Waals surface area contributed by atoms with E-state index in [0.29, 0.717) is 22.9 Å². The number of ketones is 1. The minimum absolute atomic E-state index is 0.0557. The highest BCUT2D eigenvalue weighted by Gasteiger charge is 2.47. The summed E-state index contributed by atoms with van der Waals surface area (Å²) in [6, 6.07) is 24.9. The van der Waals surface area contributed by atoms with E-state index >= 15 is 0 Å². The summed E-state index contributed by atoms with van der Waals surface area (Å²) in [4.78, 5) is 28.3. The molecule has 2 aliphatic rings. The van der Waals surface area contributed by atoms with E-state index in [1.165, 1.54) is 4.90 Å². The first-order valence-electron chi connectivity index (χ1n) is 11.3. The van der Waals surface area contributed by atoms with E-state index in [1.807, 2.05) is 48.5 Å². The number of nitrogens with zero attached hydrogens (tertiary/aromatic N) is 1. The van der Waals surface area contributed by atoms with Gasteiger partial charge in [0.05, 0.1) is 18.2 Å². The minimum Gasteiger partial charge on any atom is -0.507 e. The third kappa shape index (κ3) is 3.47. The Labute approximate surface area is 206 Å². The van der Waals surface area contributed by atoms with Gasteiger partial charge in [0.1, 0.15) is 11.5 Å². The van der Waals surface area contributed by atoms with Crippen molar-refractivity contribution < 1.29 is 19.4 Å². The van der Waals surface area contributed by atoms with Crippen LogP contribution < -0.4 is 9.64 Å². The molecule has 5 nitrogen and oxygen atoms in total. The second kappa shape index (κ2) is 8.29. The normalized spacial score (nSPS) is 18.7. The molecule has 6 rings (SSSR count). The fourth-order valence-electron chi connectivity index (χ4n) is 4.97. The van der Waals surface area contributed by atoms with Crippen molar-refractivity contribution in [1.82, 2.24) is 0 Å². The number of Topliss-reactive ketones (excluding diaryl/α,β-unsaturated/α-hetero) is 1. The number of carbonyl (C=O) groups excluding carboxylic acids is 2. The number of aliphatic hydroxyl groups excluding tert-OH is 1. The Hall–Kier alpha value is -4.09. The second-order valence-corrected chi connectivity index (χ2v) is 9.07. The van der Waals surface area contributed by atoms with Crippen molar-refractivity contribution in [1.29, 1.82) is 0 Å². The number of anilines is 1. The van der Waals surface area contributed by atoms with Gasteiger partial charge in [-0.15, -0.1) is 0 Å². The smallest absolute Gasteiger partial charge is 0.300 e. The van der Waals surface area contributed by atoms with Gasteiger partial charge in [0.25, 0.3) is 11.7 Å². The molecular weight excluding hydrogens is 462 g/mol. The molecule has 1 saturated heterocycles. The lowest BCUT2D eigenvalue weighted by molar-refractivity contribution is -0.132. The van der Waals surface area contributed by atoms with Crippen LogP contribution in [-0.4, -0.2) is 23.4 Å². The van der Waals surface area contributed by atoms with Crippen molar-refractivity contribution in [3.63, 3.8) is 0 Å². The summed E-state index contributed by atoms with van der Waals surface area (Å²) in [6.45, 7) is 0.580. The highest BCUT2D eigenvalue weighted by Crippen LogP contribution is 2.44. The fourth-order valence-corrected chi connectivity index (χ4v) is 5.10. The van der Waals surface area contributed by atoms with Gasteiger partial charge in [0.2, 0.25) is 0 Å². The third-order valence-corrected chi connectivity index (χ3v) is 6.88. The number of ether oxygens (including phenoxy) is 1. The van der Waals surface area contributed by atoms with Crippen LogP contribution in [0.25, 0.3) is 16.5 Å². The van der Waals surface area contributed by atoms with Crippen LogP contribution in [0.3, 0.4) is 0 Å². The zero-order valence-corrected chi connectivity index (χ0v) is 19.3. The van der Waals surface area contributed by atoms with Crippen LogP contribution in [0.5, 0.6) is 5.75 Å². The van der Waals surface area contributed by atoms with Gasteiger partial charge < -0.3 is 9.84 Å². The van der Waals surface area contributed by atoms with Crippen LogP contribution >= 0.6 is 11.6 Å². The average Bonchev–Trinajstić information content (AvgIpc) is 3.46.